The summed E-state index contributed by atoms with van der Waals surface area (Å²) in [5, 5.41) is 2.65. The maximum Gasteiger partial charge on any atom is 0.438 e. The van der Waals surface area contributed by atoms with Gasteiger partial charge in [0, 0.05) is 6.54 Å². The third-order valence-corrected chi connectivity index (χ3v) is 4.23. The van der Waals surface area contributed by atoms with Crippen molar-refractivity contribution >= 4 is 16.9 Å². The Morgan fingerprint density at radius 1 is 1.04 bits per heavy atom. The molecule has 0 radical (unpaired) electrons. The number of nitrogens with one attached hydrogen (secondary N) is 1. The van der Waals surface area contributed by atoms with Gasteiger partial charge in [-0.2, -0.15) is 13.2 Å². The van der Waals surface area contributed by atoms with Gasteiger partial charge >= 0.3 is 6.18 Å². The minimum Gasteiger partial charge on any atom is -0.355 e. The first-order chi connectivity index (χ1) is 13.4. The molecule has 0 fully saturated rings. The molecule has 0 aliphatic carbocycles. The van der Waals surface area contributed by atoms with Crippen LogP contribution in [0.3, 0.4) is 0 Å². The smallest absolute Gasteiger partial charge is 0.355 e. The summed E-state index contributed by atoms with van der Waals surface area (Å²) in [6, 6.07) is 15.6. The third-order valence-electron chi connectivity index (χ3n) is 4.23. The van der Waals surface area contributed by atoms with Crippen LogP contribution < -0.4 is 10.9 Å². The number of para-hydroxylation sites is 2. The Hall–Kier alpha value is -3.16. The largest absolute Gasteiger partial charge is 0.438 e. The summed E-state index contributed by atoms with van der Waals surface area (Å²) in [5.74, 6) is -0.528. The molecular weight excluding hydrogens is 371 g/mol. The minimum absolute atomic E-state index is 0.00584. The average molecular weight is 389 g/mol. The average Bonchev–Trinajstić information content (AvgIpc) is 2.67. The Balaban J connectivity index is 1.73. The lowest BCUT2D eigenvalue weighted by atomic mass is 10.1. The molecule has 1 heterocycles. The standard InChI is InChI=1S/C20H18F3N3O2/c21-20(22,23)18-19(28)26(16-11-5-4-10-15(16)25-18)13-17(27)24-12-6-9-14-7-2-1-3-8-14/h1-5,7-8,10-11H,6,9,12-13H2,(H,24,27). The first-order valence-electron chi connectivity index (χ1n) is 8.73. The summed E-state index contributed by atoms with van der Waals surface area (Å²) in [5.41, 5.74) is -1.54. The quantitative estimate of drug-likeness (QED) is 0.659. The number of benzene rings is 2. The van der Waals surface area contributed by atoms with E-state index in [0.717, 1.165) is 16.6 Å². The third kappa shape index (κ3) is 4.57. The molecule has 28 heavy (non-hydrogen) atoms. The van der Waals surface area contributed by atoms with Crippen molar-refractivity contribution in [1.29, 1.82) is 0 Å². The first-order valence-corrected chi connectivity index (χ1v) is 8.73. The predicted octanol–water partition coefficient (Wildman–Crippen LogP) is 3.16. The molecule has 8 heteroatoms. The molecule has 0 unspecified atom stereocenters. The summed E-state index contributed by atoms with van der Waals surface area (Å²) in [6.07, 6.45) is -3.46. The number of fused-ring (bicyclic) bond motifs is 1. The van der Waals surface area contributed by atoms with Gasteiger partial charge in [0.05, 0.1) is 11.0 Å². The molecule has 0 saturated heterocycles. The maximum atomic E-state index is 13.1. The van der Waals surface area contributed by atoms with Gasteiger partial charge in [0.15, 0.2) is 0 Å². The van der Waals surface area contributed by atoms with Crippen molar-refractivity contribution in [3.05, 3.63) is 76.2 Å². The van der Waals surface area contributed by atoms with Gasteiger partial charge in [-0.05, 0) is 30.5 Å². The van der Waals surface area contributed by atoms with Crippen molar-refractivity contribution < 1.29 is 18.0 Å². The van der Waals surface area contributed by atoms with Crippen LogP contribution in [0.15, 0.2) is 59.4 Å². The number of amides is 1. The van der Waals surface area contributed by atoms with Gasteiger partial charge in [-0.1, -0.05) is 42.5 Å². The van der Waals surface area contributed by atoms with Crippen molar-refractivity contribution in [2.75, 3.05) is 6.54 Å². The molecule has 3 aromatic rings. The lowest BCUT2D eigenvalue weighted by molar-refractivity contribution is -0.142. The zero-order chi connectivity index (χ0) is 20.1. The van der Waals surface area contributed by atoms with Gasteiger partial charge in [0.25, 0.3) is 5.56 Å². The lowest BCUT2D eigenvalue weighted by Gasteiger charge is -2.13. The summed E-state index contributed by atoms with van der Waals surface area (Å²) < 4.78 is 40.2. The van der Waals surface area contributed by atoms with Crippen LogP contribution >= 0.6 is 0 Å². The number of aromatic nitrogens is 2. The predicted molar refractivity (Wildman–Crippen MR) is 98.8 cm³/mol. The van der Waals surface area contributed by atoms with Crippen LogP contribution in [0.1, 0.15) is 17.7 Å². The van der Waals surface area contributed by atoms with E-state index in [2.05, 4.69) is 10.3 Å². The highest BCUT2D eigenvalue weighted by atomic mass is 19.4. The van der Waals surface area contributed by atoms with Gasteiger partial charge in [-0.25, -0.2) is 4.98 Å². The molecule has 0 saturated carbocycles. The van der Waals surface area contributed by atoms with Gasteiger partial charge in [0.1, 0.15) is 6.54 Å². The lowest BCUT2D eigenvalue weighted by Crippen LogP contribution is -2.36. The summed E-state index contributed by atoms with van der Waals surface area (Å²) in [6.45, 7) is -0.145. The first kappa shape index (κ1) is 19.6. The number of halogens is 3. The van der Waals surface area contributed by atoms with Crippen LogP contribution in [-0.2, 0) is 23.9 Å². The highest BCUT2D eigenvalue weighted by Crippen LogP contribution is 2.26. The topological polar surface area (TPSA) is 64.0 Å². The molecule has 0 aliphatic heterocycles. The van der Waals surface area contributed by atoms with Crippen LogP contribution in [0.4, 0.5) is 13.2 Å². The molecule has 1 aromatic heterocycles. The van der Waals surface area contributed by atoms with Gasteiger partial charge in [-0.3, -0.25) is 14.2 Å². The van der Waals surface area contributed by atoms with Gasteiger partial charge < -0.3 is 5.32 Å². The second-order valence-corrected chi connectivity index (χ2v) is 6.28. The van der Waals surface area contributed by atoms with E-state index in [0.29, 0.717) is 13.0 Å². The molecule has 1 N–H and O–H groups in total. The number of carbonyl (C=O) groups excluding carboxylic acids is 1. The van der Waals surface area contributed by atoms with E-state index in [4.69, 9.17) is 0 Å². The fourth-order valence-electron chi connectivity index (χ4n) is 2.90. The Bertz CT molecular complexity index is 1030. The number of rotatable bonds is 6. The molecule has 0 bridgehead atoms. The minimum atomic E-state index is -4.89. The Kier molecular flexibility index (Phi) is 5.77. The van der Waals surface area contributed by atoms with E-state index in [1.807, 2.05) is 30.3 Å². The summed E-state index contributed by atoms with van der Waals surface area (Å²) in [4.78, 5) is 27.9. The molecule has 0 spiro atoms. The molecule has 5 nitrogen and oxygen atoms in total. The second-order valence-electron chi connectivity index (χ2n) is 6.28. The van der Waals surface area contributed by atoms with Crippen LogP contribution in [-0.4, -0.2) is 22.0 Å². The highest BCUT2D eigenvalue weighted by molar-refractivity contribution is 5.80. The van der Waals surface area contributed by atoms with E-state index in [1.54, 1.807) is 6.07 Å². The Labute approximate surface area is 158 Å². The monoisotopic (exact) mass is 389 g/mol. The van der Waals surface area contributed by atoms with Gasteiger partial charge in [0.2, 0.25) is 11.6 Å². The van der Waals surface area contributed by atoms with E-state index >= 15 is 0 Å². The van der Waals surface area contributed by atoms with Crippen molar-refractivity contribution in [1.82, 2.24) is 14.9 Å². The van der Waals surface area contributed by atoms with E-state index in [9.17, 15) is 22.8 Å². The molecule has 2 aromatic carbocycles. The zero-order valence-electron chi connectivity index (χ0n) is 14.9. The molecular formula is C20H18F3N3O2. The summed E-state index contributed by atoms with van der Waals surface area (Å²) in [7, 11) is 0. The second kappa shape index (κ2) is 8.24. The molecule has 0 aliphatic rings. The fraction of sp³-hybridized carbons (Fsp3) is 0.250. The van der Waals surface area contributed by atoms with Crippen LogP contribution in [0.5, 0.6) is 0 Å². The number of aryl methyl sites for hydroxylation is 1. The Morgan fingerprint density at radius 3 is 2.43 bits per heavy atom. The van der Waals surface area contributed by atoms with Crippen molar-refractivity contribution in [2.24, 2.45) is 0 Å². The molecule has 1 amide bonds. The SMILES string of the molecule is O=C(Cn1c(=O)c(C(F)(F)F)nc2ccccc21)NCCCc1ccccc1. The van der Waals surface area contributed by atoms with Crippen LogP contribution in [0.2, 0.25) is 0 Å². The summed E-state index contributed by atoms with van der Waals surface area (Å²) >= 11 is 0. The van der Waals surface area contributed by atoms with Crippen molar-refractivity contribution in [2.45, 2.75) is 25.6 Å². The normalized spacial score (nSPS) is 11.5. The Morgan fingerprint density at radius 2 is 1.71 bits per heavy atom. The number of hydrogen-bond donors (Lipinski definition) is 1. The number of nitrogens with zero attached hydrogens (tertiary/aromatic N) is 2. The highest BCUT2D eigenvalue weighted by Gasteiger charge is 2.37. The number of hydrogen-bond acceptors (Lipinski definition) is 3. The maximum absolute atomic E-state index is 13.1. The molecule has 0 atom stereocenters. The van der Waals surface area contributed by atoms with E-state index in [-0.39, 0.29) is 11.0 Å². The number of alkyl halides is 3. The molecule has 3 rings (SSSR count). The van der Waals surface area contributed by atoms with E-state index in [1.165, 1.54) is 18.2 Å². The fourth-order valence-corrected chi connectivity index (χ4v) is 2.90. The van der Waals surface area contributed by atoms with Crippen molar-refractivity contribution in [3.8, 4) is 0 Å². The van der Waals surface area contributed by atoms with Crippen LogP contribution in [0, 0.1) is 0 Å². The number of carbonyl (C=O) groups is 1. The van der Waals surface area contributed by atoms with Gasteiger partial charge in [-0.15, -0.1) is 0 Å². The van der Waals surface area contributed by atoms with Crippen molar-refractivity contribution in [3.63, 3.8) is 0 Å². The van der Waals surface area contributed by atoms with E-state index < -0.39 is 29.9 Å². The van der Waals surface area contributed by atoms with Crippen LogP contribution in [0.25, 0.3) is 11.0 Å². The molecule has 146 valence electrons. The zero-order valence-corrected chi connectivity index (χ0v) is 14.9.